The average molecular weight is 588 g/mol. The number of nitrogens with one attached hydrogen (secondary N) is 1. The van der Waals surface area contributed by atoms with Gasteiger partial charge in [0.25, 0.3) is 10.0 Å². The molecule has 2 heterocycles. The van der Waals surface area contributed by atoms with Crippen molar-refractivity contribution in [1.82, 2.24) is 4.98 Å². The van der Waals surface area contributed by atoms with E-state index in [9.17, 15) is 30.4 Å². The second-order valence-electron chi connectivity index (χ2n) is 6.87. The highest BCUT2D eigenvalue weighted by atomic mass is 35.5. The van der Waals surface area contributed by atoms with Gasteiger partial charge in [-0.15, -0.1) is 11.3 Å². The number of fused-ring (bicyclic) bond motifs is 1. The van der Waals surface area contributed by atoms with Gasteiger partial charge < -0.3 is 19.5 Å². The highest BCUT2D eigenvalue weighted by Crippen LogP contribution is 2.43. The predicted octanol–water partition coefficient (Wildman–Crippen LogP) is 5.36. The van der Waals surface area contributed by atoms with Crippen LogP contribution in [0, 0.1) is 0 Å². The smallest absolute Gasteiger partial charge is 0.489 e. The van der Waals surface area contributed by atoms with Gasteiger partial charge in [-0.3, -0.25) is 4.72 Å². The minimum Gasteiger partial charge on any atom is -0.489 e. The second kappa shape index (κ2) is 11.4. The molecule has 0 unspecified atom stereocenters. The standard InChI is InChI=1S/C18H14ClF2N3O4S2.C2HF3O2/c19-11-1-3-14(16(9-11)28-17(20)21)24-6-7-27-15-10-12(2-4-13(15)24)30(25,26)23-18-22-5-8-29-18;3-2(4,5)1(6)7/h1-5,8-10,17H,6-7H2,(H,22,23);(H,6,7). The summed E-state index contributed by atoms with van der Waals surface area (Å²) in [6, 6.07) is 8.74. The molecule has 0 aliphatic carbocycles. The first-order valence-corrected chi connectivity index (χ1v) is 12.5. The number of anilines is 3. The first-order chi connectivity index (χ1) is 17.3. The minimum atomic E-state index is -5.08. The van der Waals surface area contributed by atoms with Crippen LogP contribution in [0.5, 0.6) is 11.5 Å². The van der Waals surface area contributed by atoms with E-state index in [2.05, 4.69) is 14.4 Å². The summed E-state index contributed by atoms with van der Waals surface area (Å²) in [5.74, 6) is -2.55. The Kier molecular flexibility index (Phi) is 8.65. The summed E-state index contributed by atoms with van der Waals surface area (Å²) >= 11 is 7.07. The fourth-order valence-electron chi connectivity index (χ4n) is 2.97. The zero-order chi connectivity index (χ0) is 27.4. The van der Waals surface area contributed by atoms with E-state index in [1.165, 1.54) is 24.4 Å². The van der Waals surface area contributed by atoms with Crippen molar-refractivity contribution in [1.29, 1.82) is 0 Å². The molecule has 3 aromatic rings. The highest BCUT2D eigenvalue weighted by Gasteiger charge is 2.38. The van der Waals surface area contributed by atoms with Crippen LogP contribution >= 0.6 is 22.9 Å². The lowest BCUT2D eigenvalue weighted by Crippen LogP contribution is -2.29. The van der Waals surface area contributed by atoms with Crippen LogP contribution in [0.1, 0.15) is 0 Å². The Morgan fingerprint density at radius 3 is 2.49 bits per heavy atom. The summed E-state index contributed by atoms with van der Waals surface area (Å²) in [6.07, 6.45) is -3.60. The SMILES string of the molecule is O=C(O)C(F)(F)F.O=S(=O)(Nc1nccs1)c1ccc2c(c1)OCCN2c1ccc(Cl)cc1OC(F)F. The molecule has 0 radical (unpaired) electrons. The lowest BCUT2D eigenvalue weighted by molar-refractivity contribution is -0.192. The quantitative estimate of drug-likeness (QED) is 0.370. The number of hydrogen-bond donors (Lipinski definition) is 2. The predicted molar refractivity (Wildman–Crippen MR) is 124 cm³/mol. The van der Waals surface area contributed by atoms with E-state index >= 15 is 0 Å². The summed E-state index contributed by atoms with van der Waals surface area (Å²) in [4.78, 5) is 14.5. The largest absolute Gasteiger partial charge is 0.490 e. The molecule has 0 saturated heterocycles. The Hall–Kier alpha value is -3.37. The van der Waals surface area contributed by atoms with Gasteiger partial charge in [-0.2, -0.15) is 22.0 Å². The van der Waals surface area contributed by atoms with Crippen LogP contribution in [-0.2, 0) is 14.8 Å². The maximum absolute atomic E-state index is 12.8. The third-order valence-electron chi connectivity index (χ3n) is 4.43. The van der Waals surface area contributed by atoms with Gasteiger partial charge >= 0.3 is 18.8 Å². The number of rotatable bonds is 6. The first-order valence-electron chi connectivity index (χ1n) is 9.79. The number of benzene rings is 2. The van der Waals surface area contributed by atoms with Gasteiger partial charge in [0.05, 0.1) is 22.8 Å². The third-order valence-corrected chi connectivity index (χ3v) is 6.82. The summed E-state index contributed by atoms with van der Waals surface area (Å²) in [5, 5.41) is 9.26. The topological polar surface area (TPSA) is 118 Å². The van der Waals surface area contributed by atoms with Crippen molar-refractivity contribution in [2.75, 3.05) is 22.8 Å². The molecule has 1 aromatic heterocycles. The van der Waals surface area contributed by atoms with E-state index in [1.807, 2.05) is 0 Å². The molecule has 200 valence electrons. The van der Waals surface area contributed by atoms with Gasteiger partial charge in [-0.25, -0.2) is 18.2 Å². The third kappa shape index (κ3) is 7.33. The van der Waals surface area contributed by atoms with E-state index in [0.717, 1.165) is 11.3 Å². The highest BCUT2D eigenvalue weighted by molar-refractivity contribution is 7.93. The fourth-order valence-corrected chi connectivity index (χ4v) is 4.93. The van der Waals surface area contributed by atoms with Crippen molar-refractivity contribution in [3.63, 3.8) is 0 Å². The Morgan fingerprint density at radius 1 is 1.22 bits per heavy atom. The number of carboxylic acids is 1. The van der Waals surface area contributed by atoms with Crippen LogP contribution in [0.4, 0.5) is 38.5 Å². The van der Waals surface area contributed by atoms with E-state index in [4.69, 9.17) is 26.2 Å². The first kappa shape index (κ1) is 28.2. The molecule has 0 saturated carbocycles. The fraction of sp³-hybridized carbons (Fsp3) is 0.200. The van der Waals surface area contributed by atoms with E-state index in [-0.39, 0.29) is 27.4 Å². The number of aromatic nitrogens is 1. The van der Waals surface area contributed by atoms with Crippen molar-refractivity contribution in [3.8, 4) is 11.5 Å². The molecule has 2 aromatic carbocycles. The van der Waals surface area contributed by atoms with Crippen LogP contribution in [0.3, 0.4) is 0 Å². The Bertz CT molecular complexity index is 1360. The lowest BCUT2D eigenvalue weighted by Gasteiger charge is -2.32. The monoisotopic (exact) mass is 587 g/mol. The van der Waals surface area contributed by atoms with Crippen molar-refractivity contribution >= 4 is 55.4 Å². The summed E-state index contributed by atoms with van der Waals surface area (Å²) < 4.78 is 95.3. The summed E-state index contributed by atoms with van der Waals surface area (Å²) in [5.41, 5.74) is 0.872. The number of aliphatic carboxylic acids is 1. The molecule has 0 bridgehead atoms. The van der Waals surface area contributed by atoms with Crippen molar-refractivity contribution < 1.29 is 49.7 Å². The lowest BCUT2D eigenvalue weighted by atomic mass is 10.2. The van der Waals surface area contributed by atoms with Crippen molar-refractivity contribution in [2.45, 2.75) is 17.7 Å². The average Bonchev–Trinajstić information content (AvgIpc) is 3.30. The van der Waals surface area contributed by atoms with Crippen LogP contribution in [-0.4, -0.2) is 50.4 Å². The van der Waals surface area contributed by atoms with Gasteiger partial charge in [-0.05, 0) is 24.3 Å². The molecule has 0 atom stereocenters. The molecule has 17 heteroatoms. The number of carboxylic acid groups (broad SMARTS) is 1. The molecule has 0 amide bonds. The molecular weight excluding hydrogens is 573 g/mol. The molecule has 0 fully saturated rings. The molecular formula is C20H15ClF5N3O6S2. The summed E-state index contributed by atoms with van der Waals surface area (Å²) in [6.45, 7) is -2.46. The van der Waals surface area contributed by atoms with Gasteiger partial charge in [0.15, 0.2) is 10.9 Å². The number of hydrogen-bond acceptors (Lipinski definition) is 8. The van der Waals surface area contributed by atoms with Gasteiger partial charge in [0.1, 0.15) is 12.4 Å². The zero-order valence-electron chi connectivity index (χ0n) is 18.1. The van der Waals surface area contributed by atoms with Crippen LogP contribution < -0.4 is 19.1 Å². The van der Waals surface area contributed by atoms with Gasteiger partial charge in [0, 0.05) is 28.7 Å². The molecule has 2 N–H and O–H groups in total. The minimum absolute atomic E-state index is 0.0153. The maximum atomic E-state index is 12.8. The normalized spacial score (nSPS) is 13.2. The second-order valence-corrected chi connectivity index (χ2v) is 9.88. The van der Waals surface area contributed by atoms with Crippen molar-refractivity contribution in [3.05, 3.63) is 53.0 Å². The number of sulfonamides is 1. The Morgan fingerprint density at radius 2 is 1.89 bits per heavy atom. The number of carbonyl (C=O) groups is 1. The number of ether oxygens (including phenoxy) is 2. The molecule has 0 spiro atoms. The molecule has 1 aliphatic rings. The van der Waals surface area contributed by atoms with Gasteiger partial charge in [0.2, 0.25) is 0 Å². The van der Waals surface area contributed by atoms with E-state index < -0.39 is 28.8 Å². The number of thiazole rings is 1. The van der Waals surface area contributed by atoms with Crippen LogP contribution in [0.2, 0.25) is 5.02 Å². The molecule has 4 rings (SSSR count). The number of nitrogens with zero attached hydrogens (tertiary/aromatic N) is 2. The Balaban J connectivity index is 0.000000479. The van der Waals surface area contributed by atoms with Crippen molar-refractivity contribution in [2.24, 2.45) is 0 Å². The molecule has 1 aliphatic heterocycles. The van der Waals surface area contributed by atoms with Gasteiger partial charge in [-0.1, -0.05) is 11.6 Å². The number of halogens is 6. The number of alkyl halides is 5. The van der Waals surface area contributed by atoms with E-state index in [1.54, 1.807) is 28.5 Å². The van der Waals surface area contributed by atoms with E-state index in [0.29, 0.717) is 23.7 Å². The molecule has 9 nitrogen and oxygen atoms in total. The van der Waals surface area contributed by atoms with Crippen LogP contribution in [0.25, 0.3) is 0 Å². The zero-order valence-corrected chi connectivity index (χ0v) is 20.5. The molecule has 37 heavy (non-hydrogen) atoms. The summed E-state index contributed by atoms with van der Waals surface area (Å²) in [7, 11) is -3.87. The maximum Gasteiger partial charge on any atom is 0.490 e. The van der Waals surface area contributed by atoms with Crippen LogP contribution in [0.15, 0.2) is 52.9 Å². The Labute approximate surface area is 215 Å².